The third-order valence-corrected chi connectivity index (χ3v) is 2.74. The molecule has 1 aromatic heterocycles. The number of hydrogen-bond donors (Lipinski definition) is 3. The quantitative estimate of drug-likeness (QED) is 0.682. The minimum absolute atomic E-state index is 0.153. The first kappa shape index (κ1) is 13.5. The van der Waals surface area contributed by atoms with Gasteiger partial charge in [-0.2, -0.15) is 0 Å². The molecule has 0 aliphatic heterocycles. The minimum Gasteiger partial charge on any atom is -0.508 e. The van der Waals surface area contributed by atoms with Crippen molar-refractivity contribution in [3.05, 3.63) is 41.7 Å². The number of phenols is 1. The smallest absolute Gasteiger partial charge is 0.120 e. The first-order chi connectivity index (χ1) is 9.29. The zero-order valence-corrected chi connectivity index (χ0v) is 10.7. The highest BCUT2D eigenvalue weighted by Gasteiger charge is 2.02. The number of phenolic OH excluding ortho intramolecular Hbond substituents is 1. The fraction of sp³-hybridized carbons (Fsp3) is 0.385. The lowest BCUT2D eigenvalue weighted by molar-refractivity contribution is 0.276. The average Bonchev–Trinajstić information content (AvgIpc) is 2.86. The summed E-state index contributed by atoms with van der Waals surface area (Å²) in [5.74, 6) is 0.293. The summed E-state index contributed by atoms with van der Waals surface area (Å²) in [4.78, 5) is 0. The maximum Gasteiger partial charge on any atom is 0.120 e. The van der Waals surface area contributed by atoms with Gasteiger partial charge in [0.2, 0.25) is 0 Å². The molecular weight excluding hydrogens is 244 g/mol. The molecule has 3 N–H and O–H groups in total. The van der Waals surface area contributed by atoms with Crippen LogP contribution >= 0.6 is 0 Å². The van der Waals surface area contributed by atoms with Crippen LogP contribution in [0.15, 0.2) is 30.5 Å². The van der Waals surface area contributed by atoms with E-state index in [1.807, 2.05) is 18.3 Å². The number of hydrogen-bond acceptors (Lipinski definition) is 5. The van der Waals surface area contributed by atoms with Crippen LogP contribution in [0.2, 0.25) is 0 Å². The largest absolute Gasteiger partial charge is 0.508 e. The molecule has 2 aromatic rings. The molecule has 0 saturated carbocycles. The highest BCUT2D eigenvalue weighted by atomic mass is 16.3. The van der Waals surface area contributed by atoms with Gasteiger partial charge < -0.3 is 15.5 Å². The van der Waals surface area contributed by atoms with Crippen LogP contribution in [-0.4, -0.2) is 31.8 Å². The van der Waals surface area contributed by atoms with Crippen molar-refractivity contribution in [2.75, 3.05) is 6.61 Å². The van der Waals surface area contributed by atoms with Crippen LogP contribution in [0, 0.1) is 0 Å². The first-order valence-electron chi connectivity index (χ1n) is 6.27. The molecule has 1 aromatic carbocycles. The Morgan fingerprint density at radius 3 is 2.84 bits per heavy atom. The maximum atomic E-state index is 9.61. The lowest BCUT2D eigenvalue weighted by Crippen LogP contribution is -2.13. The Bertz CT molecular complexity index is 513. The van der Waals surface area contributed by atoms with E-state index in [1.54, 1.807) is 16.8 Å². The van der Waals surface area contributed by atoms with Crippen molar-refractivity contribution in [1.82, 2.24) is 20.3 Å². The summed E-state index contributed by atoms with van der Waals surface area (Å²) in [7, 11) is 0. The van der Waals surface area contributed by atoms with Crippen molar-refractivity contribution in [1.29, 1.82) is 0 Å². The Morgan fingerprint density at radius 1 is 1.21 bits per heavy atom. The Morgan fingerprint density at radius 2 is 2.05 bits per heavy atom. The molecule has 0 fully saturated rings. The van der Waals surface area contributed by atoms with E-state index in [1.165, 1.54) is 0 Å². The zero-order valence-electron chi connectivity index (χ0n) is 10.7. The van der Waals surface area contributed by atoms with E-state index in [2.05, 4.69) is 15.6 Å². The van der Waals surface area contributed by atoms with Gasteiger partial charge in [0.1, 0.15) is 5.75 Å². The molecule has 0 radical (unpaired) electrons. The van der Waals surface area contributed by atoms with Crippen molar-refractivity contribution in [2.45, 2.75) is 26.1 Å². The summed E-state index contributed by atoms with van der Waals surface area (Å²) >= 11 is 0. The maximum absolute atomic E-state index is 9.61. The molecule has 6 heteroatoms. The van der Waals surface area contributed by atoms with Gasteiger partial charge in [-0.1, -0.05) is 23.4 Å². The van der Waals surface area contributed by atoms with E-state index in [0.29, 0.717) is 31.8 Å². The number of aliphatic hydroxyl groups excluding tert-OH is 1. The van der Waals surface area contributed by atoms with Crippen LogP contribution in [-0.2, 0) is 19.6 Å². The number of para-hydroxylation sites is 1. The topological polar surface area (TPSA) is 83.2 Å². The van der Waals surface area contributed by atoms with Crippen LogP contribution in [0.5, 0.6) is 5.75 Å². The molecule has 0 aliphatic carbocycles. The fourth-order valence-corrected chi connectivity index (χ4v) is 1.75. The molecule has 2 rings (SSSR count). The van der Waals surface area contributed by atoms with Crippen molar-refractivity contribution in [3.63, 3.8) is 0 Å². The Hall–Kier alpha value is -1.92. The molecule has 6 nitrogen and oxygen atoms in total. The van der Waals surface area contributed by atoms with Gasteiger partial charge in [-0.25, -0.2) is 0 Å². The minimum atomic E-state index is 0.153. The Kier molecular flexibility index (Phi) is 4.88. The van der Waals surface area contributed by atoms with Crippen molar-refractivity contribution in [3.8, 4) is 5.75 Å². The number of nitrogens with one attached hydrogen (secondary N) is 1. The standard InChI is InChI=1S/C13H18N4O2/c18-7-3-6-17-10-12(15-16-17)9-14-8-11-4-1-2-5-13(11)19/h1-2,4-5,10,14,18-19H,3,6-9H2. The molecule has 0 saturated heterocycles. The average molecular weight is 262 g/mol. The molecule has 102 valence electrons. The van der Waals surface area contributed by atoms with Gasteiger partial charge in [-0.05, 0) is 12.5 Å². The lowest BCUT2D eigenvalue weighted by atomic mass is 10.2. The van der Waals surface area contributed by atoms with Crippen molar-refractivity contribution in [2.24, 2.45) is 0 Å². The van der Waals surface area contributed by atoms with E-state index in [0.717, 1.165) is 11.3 Å². The molecule has 0 atom stereocenters. The highest BCUT2D eigenvalue weighted by Crippen LogP contribution is 2.14. The van der Waals surface area contributed by atoms with Crippen molar-refractivity contribution >= 4 is 0 Å². The number of aromatic nitrogens is 3. The van der Waals surface area contributed by atoms with Gasteiger partial charge in [0.25, 0.3) is 0 Å². The summed E-state index contributed by atoms with van der Waals surface area (Å²) in [6, 6.07) is 7.23. The lowest BCUT2D eigenvalue weighted by Gasteiger charge is -2.04. The summed E-state index contributed by atoms with van der Waals surface area (Å²) < 4.78 is 1.72. The Balaban J connectivity index is 1.79. The summed E-state index contributed by atoms with van der Waals surface area (Å²) in [6.45, 7) is 1.99. The molecular formula is C13H18N4O2. The van der Waals surface area contributed by atoms with Gasteiger partial charge in [-0.3, -0.25) is 4.68 Å². The van der Waals surface area contributed by atoms with Crippen LogP contribution in [0.25, 0.3) is 0 Å². The van der Waals surface area contributed by atoms with E-state index >= 15 is 0 Å². The molecule has 19 heavy (non-hydrogen) atoms. The number of nitrogens with zero attached hydrogens (tertiary/aromatic N) is 3. The van der Waals surface area contributed by atoms with Crippen LogP contribution < -0.4 is 5.32 Å². The second-order valence-corrected chi connectivity index (χ2v) is 4.28. The SMILES string of the molecule is OCCCn1cc(CNCc2ccccc2O)nn1. The molecule has 1 heterocycles. The third kappa shape index (κ3) is 4.04. The number of aryl methyl sites for hydroxylation is 1. The van der Waals surface area contributed by atoms with E-state index in [-0.39, 0.29) is 6.61 Å². The van der Waals surface area contributed by atoms with E-state index < -0.39 is 0 Å². The number of benzene rings is 1. The molecule has 0 bridgehead atoms. The summed E-state index contributed by atoms with van der Waals surface area (Å²) in [6.07, 6.45) is 2.53. The predicted octanol–water partition coefficient (Wildman–Crippen LogP) is 0.656. The van der Waals surface area contributed by atoms with Gasteiger partial charge in [-0.15, -0.1) is 5.10 Å². The van der Waals surface area contributed by atoms with Crippen LogP contribution in [0.1, 0.15) is 17.7 Å². The summed E-state index contributed by atoms with van der Waals surface area (Å²) in [5, 5.41) is 29.5. The second kappa shape index (κ2) is 6.86. The van der Waals surface area contributed by atoms with Crippen LogP contribution in [0.4, 0.5) is 0 Å². The predicted molar refractivity (Wildman–Crippen MR) is 70.4 cm³/mol. The zero-order chi connectivity index (χ0) is 13.5. The number of aromatic hydroxyl groups is 1. The fourth-order valence-electron chi connectivity index (χ4n) is 1.75. The van der Waals surface area contributed by atoms with E-state index in [9.17, 15) is 5.11 Å². The first-order valence-corrected chi connectivity index (χ1v) is 6.27. The number of aliphatic hydroxyl groups is 1. The molecule has 0 aliphatic rings. The van der Waals surface area contributed by atoms with Gasteiger partial charge in [0.05, 0.1) is 5.69 Å². The van der Waals surface area contributed by atoms with Gasteiger partial charge in [0, 0.05) is 38.0 Å². The highest BCUT2D eigenvalue weighted by molar-refractivity contribution is 5.31. The Labute approximate surface area is 111 Å². The van der Waals surface area contributed by atoms with Crippen molar-refractivity contribution < 1.29 is 10.2 Å². The number of rotatable bonds is 7. The normalized spacial score (nSPS) is 10.8. The van der Waals surface area contributed by atoms with Gasteiger partial charge >= 0.3 is 0 Å². The molecule has 0 spiro atoms. The summed E-state index contributed by atoms with van der Waals surface area (Å²) in [5.41, 5.74) is 1.70. The van der Waals surface area contributed by atoms with E-state index in [4.69, 9.17) is 5.11 Å². The second-order valence-electron chi connectivity index (χ2n) is 4.28. The van der Waals surface area contributed by atoms with Crippen LogP contribution in [0.3, 0.4) is 0 Å². The third-order valence-electron chi connectivity index (χ3n) is 2.74. The monoisotopic (exact) mass is 262 g/mol. The van der Waals surface area contributed by atoms with Gasteiger partial charge in [0.15, 0.2) is 0 Å². The molecule has 0 unspecified atom stereocenters. The molecule has 0 amide bonds.